The van der Waals surface area contributed by atoms with Crippen molar-refractivity contribution in [3.63, 3.8) is 0 Å². The number of amides is 1. The Balaban J connectivity index is 2.13. The third kappa shape index (κ3) is 4.70. The minimum atomic E-state index is -0.385. The molecule has 4 nitrogen and oxygen atoms in total. The van der Waals surface area contributed by atoms with E-state index in [0.29, 0.717) is 6.54 Å². The van der Waals surface area contributed by atoms with E-state index in [9.17, 15) is 4.79 Å². The molecule has 1 fully saturated rings. The normalized spacial score (nSPS) is 18.0. The summed E-state index contributed by atoms with van der Waals surface area (Å²) >= 11 is 6.13. The second-order valence-electron chi connectivity index (χ2n) is 6.68. The molecule has 1 aromatic rings. The maximum absolute atomic E-state index is 12.2. The standard InChI is InChI=1S/C17H25ClN2O2/c1-17(2,3)16(21)19-12-15(20-7-9-22-10-8-20)13-5-4-6-14(18)11-13/h4-6,11,15H,7-10,12H2,1-3H3,(H,19,21)/t15-/m0/s1. The number of nitrogens with zero attached hydrogens (tertiary/aromatic N) is 1. The van der Waals surface area contributed by atoms with Crippen molar-refractivity contribution in [1.29, 1.82) is 0 Å². The van der Waals surface area contributed by atoms with Crippen molar-refractivity contribution in [2.45, 2.75) is 26.8 Å². The largest absolute Gasteiger partial charge is 0.379 e. The van der Waals surface area contributed by atoms with Crippen molar-refractivity contribution in [3.05, 3.63) is 34.9 Å². The fourth-order valence-electron chi connectivity index (χ4n) is 2.52. The van der Waals surface area contributed by atoms with Crippen LogP contribution in [0.25, 0.3) is 0 Å². The maximum Gasteiger partial charge on any atom is 0.225 e. The molecule has 1 aliphatic rings. The Morgan fingerprint density at radius 2 is 2.05 bits per heavy atom. The van der Waals surface area contributed by atoms with Gasteiger partial charge in [-0.2, -0.15) is 0 Å². The van der Waals surface area contributed by atoms with Crippen LogP contribution in [-0.2, 0) is 9.53 Å². The van der Waals surface area contributed by atoms with Crippen LogP contribution in [0.5, 0.6) is 0 Å². The molecule has 22 heavy (non-hydrogen) atoms. The molecule has 1 aromatic carbocycles. The molecule has 2 rings (SSSR count). The van der Waals surface area contributed by atoms with E-state index in [-0.39, 0.29) is 17.4 Å². The lowest BCUT2D eigenvalue weighted by atomic mass is 9.95. The topological polar surface area (TPSA) is 41.6 Å². The lowest BCUT2D eigenvalue weighted by Gasteiger charge is -2.35. The number of benzene rings is 1. The van der Waals surface area contributed by atoms with E-state index in [1.54, 1.807) is 0 Å². The van der Waals surface area contributed by atoms with Crippen molar-refractivity contribution in [2.75, 3.05) is 32.8 Å². The fraction of sp³-hybridized carbons (Fsp3) is 0.588. The van der Waals surface area contributed by atoms with Crippen LogP contribution in [0, 0.1) is 5.41 Å². The summed E-state index contributed by atoms with van der Waals surface area (Å²) in [6, 6.07) is 7.99. The second kappa shape index (κ2) is 7.44. The summed E-state index contributed by atoms with van der Waals surface area (Å²) in [5.41, 5.74) is 0.743. The Morgan fingerprint density at radius 3 is 2.64 bits per heavy atom. The molecule has 0 bridgehead atoms. The third-order valence-corrected chi connectivity index (χ3v) is 4.09. The molecule has 1 saturated heterocycles. The number of morpholine rings is 1. The fourth-order valence-corrected chi connectivity index (χ4v) is 2.71. The number of hydrogen-bond acceptors (Lipinski definition) is 3. The van der Waals surface area contributed by atoms with Gasteiger partial charge in [-0.15, -0.1) is 0 Å². The number of rotatable bonds is 4. The van der Waals surface area contributed by atoms with Crippen molar-refractivity contribution in [3.8, 4) is 0 Å². The first-order valence-corrected chi connectivity index (χ1v) is 8.11. The van der Waals surface area contributed by atoms with Crippen LogP contribution in [0.1, 0.15) is 32.4 Å². The van der Waals surface area contributed by atoms with Gasteiger partial charge in [0, 0.05) is 30.1 Å². The van der Waals surface area contributed by atoms with Gasteiger partial charge in [0.05, 0.1) is 19.3 Å². The van der Waals surface area contributed by atoms with Gasteiger partial charge >= 0.3 is 0 Å². The summed E-state index contributed by atoms with van der Waals surface area (Å²) < 4.78 is 5.43. The molecule has 122 valence electrons. The Morgan fingerprint density at radius 1 is 1.36 bits per heavy atom. The Bertz CT molecular complexity index is 508. The van der Waals surface area contributed by atoms with Crippen LogP contribution in [0.4, 0.5) is 0 Å². The average molecular weight is 325 g/mol. The molecule has 1 atom stereocenters. The van der Waals surface area contributed by atoms with Crippen molar-refractivity contribution < 1.29 is 9.53 Å². The molecule has 1 N–H and O–H groups in total. The van der Waals surface area contributed by atoms with E-state index >= 15 is 0 Å². The predicted molar refractivity (Wildman–Crippen MR) is 89.0 cm³/mol. The van der Waals surface area contributed by atoms with Gasteiger partial charge in [0.1, 0.15) is 0 Å². The highest BCUT2D eigenvalue weighted by molar-refractivity contribution is 6.30. The van der Waals surface area contributed by atoms with E-state index in [1.165, 1.54) is 0 Å². The highest BCUT2D eigenvalue weighted by atomic mass is 35.5. The lowest BCUT2D eigenvalue weighted by Crippen LogP contribution is -2.45. The molecule has 0 saturated carbocycles. The van der Waals surface area contributed by atoms with Gasteiger partial charge in [-0.1, -0.05) is 44.5 Å². The molecule has 5 heteroatoms. The van der Waals surface area contributed by atoms with E-state index in [2.05, 4.69) is 16.3 Å². The Labute approximate surface area is 137 Å². The summed E-state index contributed by atoms with van der Waals surface area (Å²) in [5, 5.41) is 3.79. The summed E-state index contributed by atoms with van der Waals surface area (Å²) in [7, 11) is 0. The summed E-state index contributed by atoms with van der Waals surface area (Å²) in [5.74, 6) is 0.0628. The average Bonchev–Trinajstić information content (AvgIpc) is 2.47. The van der Waals surface area contributed by atoms with Gasteiger partial charge in [0.25, 0.3) is 0 Å². The second-order valence-corrected chi connectivity index (χ2v) is 7.12. The van der Waals surface area contributed by atoms with Crippen LogP contribution in [0.15, 0.2) is 24.3 Å². The molecule has 1 heterocycles. The van der Waals surface area contributed by atoms with E-state index in [0.717, 1.165) is 36.9 Å². The molecule has 0 radical (unpaired) electrons. The molecular formula is C17H25ClN2O2. The molecule has 0 aliphatic carbocycles. The van der Waals surface area contributed by atoms with Gasteiger partial charge in [0.2, 0.25) is 5.91 Å². The quantitative estimate of drug-likeness (QED) is 0.926. The van der Waals surface area contributed by atoms with Crippen molar-refractivity contribution in [1.82, 2.24) is 10.2 Å². The summed E-state index contributed by atoms with van der Waals surface area (Å²) in [6.45, 7) is 9.53. The monoisotopic (exact) mass is 324 g/mol. The molecule has 0 unspecified atom stereocenters. The maximum atomic E-state index is 12.2. The van der Waals surface area contributed by atoms with Gasteiger partial charge in [0.15, 0.2) is 0 Å². The predicted octanol–water partition coefficient (Wildman–Crippen LogP) is 2.88. The number of carbonyl (C=O) groups is 1. The molecule has 0 spiro atoms. The number of hydrogen-bond donors (Lipinski definition) is 1. The number of carbonyl (C=O) groups excluding carboxylic acids is 1. The van der Waals surface area contributed by atoms with Crippen molar-refractivity contribution >= 4 is 17.5 Å². The van der Waals surface area contributed by atoms with E-state index < -0.39 is 0 Å². The third-order valence-electron chi connectivity index (χ3n) is 3.86. The summed E-state index contributed by atoms with van der Waals surface area (Å²) in [6.07, 6.45) is 0. The van der Waals surface area contributed by atoms with E-state index in [1.807, 2.05) is 39.0 Å². The minimum absolute atomic E-state index is 0.0628. The van der Waals surface area contributed by atoms with Crippen LogP contribution in [0.2, 0.25) is 5.02 Å². The Hall–Kier alpha value is -1.10. The van der Waals surface area contributed by atoms with Gasteiger partial charge < -0.3 is 10.1 Å². The van der Waals surface area contributed by atoms with Crippen molar-refractivity contribution in [2.24, 2.45) is 5.41 Å². The minimum Gasteiger partial charge on any atom is -0.379 e. The zero-order chi connectivity index (χ0) is 16.2. The number of halogens is 1. The van der Waals surface area contributed by atoms with Crippen LogP contribution >= 0.6 is 11.6 Å². The van der Waals surface area contributed by atoms with Gasteiger partial charge in [-0.3, -0.25) is 9.69 Å². The molecular weight excluding hydrogens is 300 g/mol. The van der Waals surface area contributed by atoms with E-state index in [4.69, 9.17) is 16.3 Å². The first-order valence-electron chi connectivity index (χ1n) is 7.73. The molecule has 1 aliphatic heterocycles. The highest BCUT2D eigenvalue weighted by Gasteiger charge is 2.26. The van der Waals surface area contributed by atoms with Gasteiger partial charge in [-0.25, -0.2) is 0 Å². The Kier molecular flexibility index (Phi) is 5.84. The first-order chi connectivity index (χ1) is 10.4. The molecule has 1 amide bonds. The first kappa shape index (κ1) is 17.3. The zero-order valence-electron chi connectivity index (χ0n) is 13.6. The SMILES string of the molecule is CC(C)(C)C(=O)NC[C@@H](c1cccc(Cl)c1)N1CCOCC1. The number of nitrogens with one attached hydrogen (secondary N) is 1. The van der Waals surface area contributed by atoms with Crippen LogP contribution in [-0.4, -0.2) is 43.7 Å². The zero-order valence-corrected chi connectivity index (χ0v) is 14.3. The summed E-state index contributed by atoms with van der Waals surface area (Å²) in [4.78, 5) is 14.5. The highest BCUT2D eigenvalue weighted by Crippen LogP contribution is 2.24. The molecule has 0 aromatic heterocycles. The smallest absolute Gasteiger partial charge is 0.225 e. The van der Waals surface area contributed by atoms with Gasteiger partial charge in [-0.05, 0) is 17.7 Å². The number of ether oxygens (including phenoxy) is 1. The van der Waals surface area contributed by atoms with Crippen LogP contribution in [0.3, 0.4) is 0 Å². The van der Waals surface area contributed by atoms with Crippen LogP contribution < -0.4 is 5.32 Å². The lowest BCUT2D eigenvalue weighted by molar-refractivity contribution is -0.128.